The van der Waals surface area contributed by atoms with Crippen LogP contribution in [0, 0.1) is 0 Å². The molecule has 5 N–H and O–H groups in total. The van der Waals surface area contributed by atoms with Gasteiger partial charge in [-0.1, -0.05) is 0 Å². The zero-order chi connectivity index (χ0) is 13.3. The SMILES string of the molecule is OC[C@H]1O[C@H](OC[C@H]2O[C@H](O)C[C@H]2O)C(O)[C@H]1O. The molecule has 0 saturated carbocycles. The Hall–Kier alpha value is -0.320. The van der Waals surface area contributed by atoms with Crippen LogP contribution < -0.4 is 0 Å². The van der Waals surface area contributed by atoms with E-state index in [4.69, 9.17) is 24.4 Å². The first kappa shape index (κ1) is 14.1. The van der Waals surface area contributed by atoms with Crippen molar-refractivity contribution in [3.05, 3.63) is 0 Å². The van der Waals surface area contributed by atoms with E-state index in [2.05, 4.69) is 0 Å². The second kappa shape index (κ2) is 5.76. The van der Waals surface area contributed by atoms with E-state index in [1.54, 1.807) is 0 Å². The van der Waals surface area contributed by atoms with Crippen LogP contribution in [0.5, 0.6) is 0 Å². The minimum absolute atomic E-state index is 0.0924. The first-order valence-electron chi connectivity index (χ1n) is 5.78. The first-order valence-corrected chi connectivity index (χ1v) is 5.78. The van der Waals surface area contributed by atoms with Gasteiger partial charge < -0.3 is 39.7 Å². The monoisotopic (exact) mass is 266 g/mol. The van der Waals surface area contributed by atoms with Crippen LogP contribution >= 0.6 is 0 Å². The quantitative estimate of drug-likeness (QED) is 0.362. The average molecular weight is 266 g/mol. The molecule has 0 spiro atoms. The predicted molar refractivity (Wildman–Crippen MR) is 55.2 cm³/mol. The van der Waals surface area contributed by atoms with Crippen LogP contribution in [-0.2, 0) is 14.2 Å². The molecule has 0 bridgehead atoms. The van der Waals surface area contributed by atoms with Crippen molar-refractivity contribution in [2.75, 3.05) is 13.2 Å². The molecule has 18 heavy (non-hydrogen) atoms. The van der Waals surface area contributed by atoms with E-state index in [9.17, 15) is 15.3 Å². The van der Waals surface area contributed by atoms with E-state index in [1.165, 1.54) is 0 Å². The number of hydrogen-bond acceptors (Lipinski definition) is 8. The van der Waals surface area contributed by atoms with Crippen molar-refractivity contribution in [3.63, 3.8) is 0 Å². The molecule has 1 unspecified atom stereocenters. The number of rotatable bonds is 4. The fraction of sp³-hybridized carbons (Fsp3) is 1.00. The molecule has 2 saturated heterocycles. The molecule has 0 aliphatic carbocycles. The maximum Gasteiger partial charge on any atom is 0.186 e. The Bertz CT molecular complexity index is 275. The Morgan fingerprint density at radius 3 is 2.22 bits per heavy atom. The fourth-order valence-corrected chi connectivity index (χ4v) is 2.05. The molecule has 2 aliphatic rings. The van der Waals surface area contributed by atoms with Gasteiger partial charge in [-0.05, 0) is 0 Å². The van der Waals surface area contributed by atoms with Crippen molar-refractivity contribution >= 4 is 0 Å². The van der Waals surface area contributed by atoms with Crippen molar-refractivity contribution in [2.24, 2.45) is 0 Å². The summed E-state index contributed by atoms with van der Waals surface area (Å²) >= 11 is 0. The maximum atomic E-state index is 9.59. The lowest BCUT2D eigenvalue weighted by Crippen LogP contribution is -2.36. The zero-order valence-corrected chi connectivity index (χ0v) is 9.62. The standard InChI is InChI=1S/C10H18O8/c11-2-5-8(14)9(15)10(18-5)16-3-6-4(12)1-7(13)17-6/h4-15H,1-3H2/t4-,5-,6-,7+,8+,9?,10+/m1/s1. The molecule has 2 fully saturated rings. The second-order valence-electron chi connectivity index (χ2n) is 4.47. The van der Waals surface area contributed by atoms with Crippen LogP contribution in [0.1, 0.15) is 6.42 Å². The van der Waals surface area contributed by atoms with E-state index in [0.29, 0.717) is 0 Å². The van der Waals surface area contributed by atoms with Crippen LogP contribution in [0.2, 0.25) is 0 Å². The first-order chi connectivity index (χ1) is 8.52. The summed E-state index contributed by atoms with van der Waals surface area (Å²) in [5, 5.41) is 46.6. The molecule has 0 aromatic heterocycles. The van der Waals surface area contributed by atoms with Crippen LogP contribution in [0.3, 0.4) is 0 Å². The topological polar surface area (TPSA) is 129 Å². The van der Waals surface area contributed by atoms with E-state index in [0.717, 1.165) is 0 Å². The van der Waals surface area contributed by atoms with Crippen molar-refractivity contribution in [2.45, 2.75) is 49.5 Å². The largest absolute Gasteiger partial charge is 0.394 e. The van der Waals surface area contributed by atoms with Crippen LogP contribution in [0.15, 0.2) is 0 Å². The molecule has 2 heterocycles. The lowest BCUT2D eigenvalue weighted by Gasteiger charge is -2.19. The Morgan fingerprint density at radius 2 is 1.72 bits per heavy atom. The number of aliphatic hydroxyl groups excluding tert-OH is 5. The van der Waals surface area contributed by atoms with Crippen molar-refractivity contribution in [1.29, 1.82) is 0 Å². The van der Waals surface area contributed by atoms with Gasteiger partial charge in [-0.15, -0.1) is 0 Å². The normalized spacial score (nSPS) is 48.8. The third kappa shape index (κ3) is 2.81. The fourth-order valence-electron chi connectivity index (χ4n) is 2.05. The number of aliphatic hydroxyl groups is 5. The highest BCUT2D eigenvalue weighted by atomic mass is 16.7. The molecule has 7 atom stereocenters. The molecule has 0 radical (unpaired) electrons. The summed E-state index contributed by atoms with van der Waals surface area (Å²) < 4.78 is 15.2. The summed E-state index contributed by atoms with van der Waals surface area (Å²) in [5.74, 6) is 0. The number of hydrogen-bond donors (Lipinski definition) is 5. The molecular formula is C10H18O8. The minimum atomic E-state index is -1.27. The molecule has 0 amide bonds. The van der Waals surface area contributed by atoms with Gasteiger partial charge in [0.25, 0.3) is 0 Å². The summed E-state index contributed by atoms with van der Waals surface area (Å²) in [4.78, 5) is 0. The Kier molecular flexibility index (Phi) is 4.51. The third-order valence-corrected chi connectivity index (χ3v) is 3.13. The summed E-state index contributed by atoms with van der Waals surface area (Å²) in [7, 11) is 0. The molecule has 2 aliphatic heterocycles. The minimum Gasteiger partial charge on any atom is -0.394 e. The highest BCUT2D eigenvalue weighted by molar-refractivity contribution is 4.87. The second-order valence-corrected chi connectivity index (χ2v) is 4.47. The predicted octanol–water partition coefficient (Wildman–Crippen LogP) is -3.09. The van der Waals surface area contributed by atoms with Crippen LogP contribution in [-0.4, -0.2) is 81.8 Å². The lowest BCUT2D eigenvalue weighted by molar-refractivity contribution is -0.196. The van der Waals surface area contributed by atoms with Crippen LogP contribution in [0.4, 0.5) is 0 Å². The molecule has 106 valence electrons. The molecule has 2 rings (SSSR count). The highest BCUT2D eigenvalue weighted by Crippen LogP contribution is 2.24. The Morgan fingerprint density at radius 1 is 1.00 bits per heavy atom. The van der Waals surface area contributed by atoms with E-state index in [-0.39, 0.29) is 13.0 Å². The zero-order valence-electron chi connectivity index (χ0n) is 9.62. The summed E-state index contributed by atoms with van der Waals surface area (Å²) in [6.45, 7) is -0.524. The highest BCUT2D eigenvalue weighted by Gasteiger charge is 2.44. The van der Waals surface area contributed by atoms with E-state index < -0.39 is 49.7 Å². The summed E-state index contributed by atoms with van der Waals surface area (Å²) in [6, 6.07) is 0. The van der Waals surface area contributed by atoms with Crippen molar-refractivity contribution in [3.8, 4) is 0 Å². The molecule has 0 aromatic rings. The summed E-state index contributed by atoms with van der Waals surface area (Å²) in [6.07, 6.45) is -6.97. The third-order valence-electron chi connectivity index (χ3n) is 3.13. The Labute approximate surface area is 103 Å². The lowest BCUT2D eigenvalue weighted by atomic mass is 10.1. The van der Waals surface area contributed by atoms with Gasteiger partial charge in [0.2, 0.25) is 0 Å². The maximum absolute atomic E-state index is 9.59. The van der Waals surface area contributed by atoms with Crippen LogP contribution in [0.25, 0.3) is 0 Å². The molecular weight excluding hydrogens is 248 g/mol. The molecule has 8 nitrogen and oxygen atoms in total. The van der Waals surface area contributed by atoms with Crippen molar-refractivity contribution in [1.82, 2.24) is 0 Å². The van der Waals surface area contributed by atoms with Gasteiger partial charge in [-0.25, -0.2) is 0 Å². The molecule has 0 aromatic carbocycles. The van der Waals surface area contributed by atoms with Gasteiger partial charge in [0, 0.05) is 6.42 Å². The van der Waals surface area contributed by atoms with Gasteiger partial charge in [-0.2, -0.15) is 0 Å². The average Bonchev–Trinajstić information content (AvgIpc) is 2.79. The van der Waals surface area contributed by atoms with Crippen molar-refractivity contribution < 1.29 is 39.7 Å². The van der Waals surface area contributed by atoms with Gasteiger partial charge in [-0.3, -0.25) is 0 Å². The van der Waals surface area contributed by atoms with E-state index >= 15 is 0 Å². The summed E-state index contributed by atoms with van der Waals surface area (Å²) in [5.41, 5.74) is 0. The Balaban J connectivity index is 1.80. The molecule has 8 heteroatoms. The van der Waals surface area contributed by atoms with Gasteiger partial charge in [0.1, 0.15) is 24.4 Å². The van der Waals surface area contributed by atoms with Gasteiger partial charge in [0.05, 0.1) is 19.3 Å². The van der Waals surface area contributed by atoms with Gasteiger partial charge >= 0.3 is 0 Å². The van der Waals surface area contributed by atoms with Gasteiger partial charge in [0.15, 0.2) is 12.6 Å². The number of ether oxygens (including phenoxy) is 3. The smallest absolute Gasteiger partial charge is 0.186 e. The van der Waals surface area contributed by atoms with E-state index in [1.807, 2.05) is 0 Å².